The number of phenols is 1. The van der Waals surface area contributed by atoms with Crippen molar-refractivity contribution in [3.8, 4) is 5.75 Å². The third-order valence-corrected chi connectivity index (χ3v) is 4.84. The van der Waals surface area contributed by atoms with Gasteiger partial charge in [-0.25, -0.2) is 0 Å². The molecule has 3 rings (SSSR count). The van der Waals surface area contributed by atoms with Crippen molar-refractivity contribution in [1.29, 1.82) is 0 Å². The second-order valence-corrected chi connectivity index (χ2v) is 6.43. The van der Waals surface area contributed by atoms with Crippen LogP contribution in [0.15, 0.2) is 18.2 Å². The molecule has 2 N–H and O–H groups in total. The lowest BCUT2D eigenvalue weighted by Crippen LogP contribution is -2.45. The molecule has 1 atom stereocenters. The average Bonchev–Trinajstić information content (AvgIpc) is 2.87. The van der Waals surface area contributed by atoms with Gasteiger partial charge in [0, 0.05) is 32.2 Å². The van der Waals surface area contributed by atoms with Gasteiger partial charge in [-0.3, -0.25) is 0 Å². The van der Waals surface area contributed by atoms with Crippen LogP contribution in [0.2, 0.25) is 0 Å². The number of rotatable bonds is 5. The number of likely N-dealkylation sites (N-methyl/N-ethyl adjacent to an activating group) is 1. The summed E-state index contributed by atoms with van der Waals surface area (Å²) >= 11 is 0. The van der Waals surface area contributed by atoms with Crippen LogP contribution in [-0.2, 0) is 6.42 Å². The summed E-state index contributed by atoms with van der Waals surface area (Å²) in [4.78, 5) is 4.97. The molecular formula is C17H27N3O. The lowest BCUT2D eigenvalue weighted by molar-refractivity contribution is 0.152. The van der Waals surface area contributed by atoms with Gasteiger partial charge in [-0.05, 0) is 62.7 Å². The van der Waals surface area contributed by atoms with E-state index in [-0.39, 0.29) is 0 Å². The minimum absolute atomic E-state index is 0.393. The first-order chi connectivity index (χ1) is 10.2. The summed E-state index contributed by atoms with van der Waals surface area (Å²) in [6.45, 7) is 7.11. The highest BCUT2D eigenvalue weighted by atomic mass is 16.3. The number of aryl methyl sites for hydroxylation is 1. The SMILES string of the molecule is CN1CCN(CCCNC2CCc3cc(O)ccc32)CC1. The number of benzene rings is 1. The lowest BCUT2D eigenvalue weighted by Gasteiger charge is -2.32. The van der Waals surface area contributed by atoms with Crippen molar-refractivity contribution in [2.75, 3.05) is 46.3 Å². The first kappa shape index (κ1) is 14.8. The van der Waals surface area contributed by atoms with Crippen LogP contribution in [0.1, 0.15) is 30.0 Å². The second-order valence-electron chi connectivity index (χ2n) is 6.43. The normalized spacial score (nSPS) is 23.4. The van der Waals surface area contributed by atoms with Crippen LogP contribution in [0.4, 0.5) is 0 Å². The van der Waals surface area contributed by atoms with Gasteiger partial charge in [0.2, 0.25) is 0 Å². The maximum atomic E-state index is 9.53. The fraction of sp³-hybridized carbons (Fsp3) is 0.647. The minimum atomic E-state index is 0.393. The number of hydrogen-bond acceptors (Lipinski definition) is 4. The Morgan fingerprint density at radius 1 is 1.24 bits per heavy atom. The fourth-order valence-corrected chi connectivity index (χ4v) is 3.47. The second kappa shape index (κ2) is 6.77. The predicted molar refractivity (Wildman–Crippen MR) is 85.7 cm³/mol. The van der Waals surface area contributed by atoms with Gasteiger partial charge < -0.3 is 20.2 Å². The van der Waals surface area contributed by atoms with Crippen LogP contribution in [0.25, 0.3) is 0 Å². The minimum Gasteiger partial charge on any atom is -0.508 e. The van der Waals surface area contributed by atoms with Gasteiger partial charge in [0.15, 0.2) is 0 Å². The van der Waals surface area contributed by atoms with Gasteiger partial charge in [-0.2, -0.15) is 0 Å². The van der Waals surface area contributed by atoms with Crippen molar-refractivity contribution in [2.45, 2.75) is 25.3 Å². The Bertz CT molecular complexity index is 469. The molecular weight excluding hydrogens is 262 g/mol. The Kier molecular flexibility index (Phi) is 4.78. The van der Waals surface area contributed by atoms with Crippen molar-refractivity contribution in [3.63, 3.8) is 0 Å². The molecule has 21 heavy (non-hydrogen) atoms. The van der Waals surface area contributed by atoms with Crippen molar-refractivity contribution < 1.29 is 5.11 Å². The summed E-state index contributed by atoms with van der Waals surface area (Å²) in [6, 6.07) is 6.29. The molecule has 1 aliphatic heterocycles. The van der Waals surface area contributed by atoms with E-state index in [1.807, 2.05) is 12.1 Å². The molecule has 1 fully saturated rings. The van der Waals surface area contributed by atoms with Crippen molar-refractivity contribution in [3.05, 3.63) is 29.3 Å². The fourth-order valence-electron chi connectivity index (χ4n) is 3.47. The molecule has 0 amide bonds. The number of aromatic hydroxyl groups is 1. The molecule has 1 heterocycles. The van der Waals surface area contributed by atoms with Gasteiger partial charge in [-0.1, -0.05) is 6.07 Å². The quantitative estimate of drug-likeness (QED) is 0.808. The van der Waals surface area contributed by atoms with Crippen LogP contribution < -0.4 is 5.32 Å². The average molecular weight is 289 g/mol. The van der Waals surface area contributed by atoms with Crippen LogP contribution in [0.3, 0.4) is 0 Å². The summed E-state index contributed by atoms with van der Waals surface area (Å²) in [5.41, 5.74) is 2.69. The highest BCUT2D eigenvalue weighted by Crippen LogP contribution is 2.33. The van der Waals surface area contributed by atoms with E-state index < -0.39 is 0 Å². The molecule has 0 saturated carbocycles. The topological polar surface area (TPSA) is 38.7 Å². The molecule has 4 nitrogen and oxygen atoms in total. The molecule has 0 spiro atoms. The van der Waals surface area contributed by atoms with Gasteiger partial charge in [-0.15, -0.1) is 0 Å². The largest absolute Gasteiger partial charge is 0.508 e. The van der Waals surface area contributed by atoms with E-state index in [0.29, 0.717) is 11.8 Å². The highest BCUT2D eigenvalue weighted by Gasteiger charge is 2.22. The summed E-state index contributed by atoms with van der Waals surface area (Å²) < 4.78 is 0. The molecule has 0 aromatic heterocycles. The van der Waals surface area contributed by atoms with Gasteiger partial charge >= 0.3 is 0 Å². The van der Waals surface area contributed by atoms with E-state index in [1.165, 1.54) is 50.3 Å². The third kappa shape index (κ3) is 3.76. The van der Waals surface area contributed by atoms with Crippen molar-refractivity contribution in [2.24, 2.45) is 0 Å². The third-order valence-electron chi connectivity index (χ3n) is 4.84. The van der Waals surface area contributed by atoms with Gasteiger partial charge in [0.05, 0.1) is 0 Å². The Morgan fingerprint density at radius 3 is 2.86 bits per heavy atom. The number of piperazine rings is 1. The Labute approximate surface area is 127 Å². The van der Waals surface area contributed by atoms with Crippen LogP contribution in [0.5, 0.6) is 5.75 Å². The molecule has 4 heteroatoms. The van der Waals surface area contributed by atoms with E-state index in [2.05, 4.69) is 28.2 Å². The molecule has 1 aliphatic carbocycles. The molecule has 1 unspecified atom stereocenters. The summed E-state index contributed by atoms with van der Waals surface area (Å²) in [7, 11) is 2.20. The zero-order chi connectivity index (χ0) is 14.7. The van der Waals surface area contributed by atoms with Crippen molar-refractivity contribution in [1.82, 2.24) is 15.1 Å². The summed E-state index contributed by atoms with van der Waals surface area (Å²) in [5, 5.41) is 13.2. The van der Waals surface area contributed by atoms with E-state index in [1.54, 1.807) is 0 Å². The van der Waals surface area contributed by atoms with Crippen LogP contribution in [0, 0.1) is 0 Å². The maximum Gasteiger partial charge on any atom is 0.115 e. The Balaban J connectivity index is 1.39. The molecule has 0 radical (unpaired) electrons. The maximum absolute atomic E-state index is 9.53. The Morgan fingerprint density at radius 2 is 2.05 bits per heavy atom. The van der Waals surface area contributed by atoms with Crippen LogP contribution >= 0.6 is 0 Å². The number of nitrogens with one attached hydrogen (secondary N) is 1. The van der Waals surface area contributed by atoms with Crippen molar-refractivity contribution >= 4 is 0 Å². The summed E-state index contributed by atoms with van der Waals surface area (Å²) in [6.07, 6.45) is 3.46. The van der Waals surface area contributed by atoms with Gasteiger partial charge in [0.1, 0.15) is 5.75 Å². The molecule has 116 valence electrons. The molecule has 1 aromatic carbocycles. The van der Waals surface area contributed by atoms with Gasteiger partial charge in [0.25, 0.3) is 0 Å². The number of nitrogens with zero attached hydrogens (tertiary/aromatic N) is 2. The molecule has 1 saturated heterocycles. The smallest absolute Gasteiger partial charge is 0.115 e. The number of fused-ring (bicyclic) bond motifs is 1. The predicted octanol–water partition coefficient (Wildman–Crippen LogP) is 1.61. The summed E-state index contributed by atoms with van der Waals surface area (Å²) in [5.74, 6) is 0.393. The number of hydrogen-bond donors (Lipinski definition) is 2. The Hall–Kier alpha value is -1.10. The zero-order valence-electron chi connectivity index (χ0n) is 13.0. The molecule has 0 bridgehead atoms. The first-order valence-corrected chi connectivity index (χ1v) is 8.18. The molecule has 1 aromatic rings. The monoisotopic (exact) mass is 289 g/mol. The molecule has 2 aliphatic rings. The van der Waals surface area contributed by atoms with E-state index in [9.17, 15) is 5.11 Å². The van der Waals surface area contributed by atoms with E-state index in [4.69, 9.17) is 0 Å². The van der Waals surface area contributed by atoms with E-state index in [0.717, 1.165) is 19.4 Å². The highest BCUT2D eigenvalue weighted by molar-refractivity contribution is 5.39. The first-order valence-electron chi connectivity index (χ1n) is 8.18. The standard InChI is InChI=1S/C17H27N3O/c1-19-9-11-20(12-10-19)8-2-7-18-17-6-3-14-13-15(21)4-5-16(14)17/h4-5,13,17-18,21H,2-3,6-12H2,1H3. The van der Waals surface area contributed by atoms with Crippen LogP contribution in [-0.4, -0.2) is 61.2 Å². The lowest BCUT2D eigenvalue weighted by atomic mass is 10.1. The number of phenolic OH excluding ortho intramolecular Hbond substituents is 1. The van der Waals surface area contributed by atoms with E-state index >= 15 is 0 Å². The zero-order valence-corrected chi connectivity index (χ0v) is 13.0.